The number of benzene rings is 4. The summed E-state index contributed by atoms with van der Waals surface area (Å²) in [6.45, 7) is 8.03. The summed E-state index contributed by atoms with van der Waals surface area (Å²) in [7, 11) is -13.0. The van der Waals surface area contributed by atoms with Crippen LogP contribution in [0.2, 0.25) is 0 Å². The van der Waals surface area contributed by atoms with Gasteiger partial charge in [0.15, 0.2) is 43.6 Å². The van der Waals surface area contributed by atoms with Gasteiger partial charge in [-0.05, 0) is 155 Å². The molecule has 39 heteroatoms. The van der Waals surface area contributed by atoms with Crippen molar-refractivity contribution in [2.45, 2.75) is 179 Å². The highest BCUT2D eigenvalue weighted by molar-refractivity contribution is 7.94. The molecule has 0 aromatic heterocycles. The first kappa shape index (κ1) is 91.2. The lowest BCUT2D eigenvalue weighted by molar-refractivity contribution is -0.471. The molecule has 2 heterocycles. The minimum Gasteiger partial charge on any atom is -0.748 e. The number of hydrogen-bond acceptors (Lipinski definition) is 23. The molecule has 0 saturated heterocycles. The smallest absolute Gasteiger partial charge is 0.354 e. The number of amides is 2. The summed E-state index contributed by atoms with van der Waals surface area (Å²) in [5, 5.41) is 46.2. The number of hydrogen-bond donors (Lipinski definition) is 7. The van der Waals surface area contributed by atoms with Crippen molar-refractivity contribution in [2.75, 3.05) is 88.1 Å². The van der Waals surface area contributed by atoms with Crippen LogP contribution >= 0.6 is 24.1 Å². The molecule has 30 nitrogen and oxygen atoms in total. The summed E-state index contributed by atoms with van der Waals surface area (Å²) in [5.41, 5.74) is 4.57. The molecule has 4 aromatic rings. The molecule has 0 radical (unpaired) electrons. The number of rotatable bonds is 38. The quantitative estimate of drug-likeness (QED) is 0.00252. The number of carbonyl (C=O) groups excluding carboxylic acids is 2. The van der Waals surface area contributed by atoms with Gasteiger partial charge in [-0.15, -0.1) is 8.67 Å². The van der Waals surface area contributed by atoms with Crippen LogP contribution in [0.25, 0.3) is 0 Å². The molecular formula is C74H98F3N8O22S6+. The number of sulfonamides is 1. The number of allylic oxidation sites excluding steroid dienone is 7. The number of guanidine groups is 1. The average molecular weight is 1700 g/mol. The van der Waals surface area contributed by atoms with Crippen LogP contribution < -0.4 is 30.3 Å². The number of halogens is 3. The van der Waals surface area contributed by atoms with Gasteiger partial charge in [0, 0.05) is 88.8 Å². The molecule has 8 N–H and O–H groups in total. The molecule has 2 aliphatic carbocycles. The van der Waals surface area contributed by atoms with Crippen LogP contribution in [0.3, 0.4) is 0 Å². The van der Waals surface area contributed by atoms with E-state index in [-0.39, 0.29) is 51.4 Å². The third-order valence-corrected chi connectivity index (χ3v) is 25.2. The highest BCUT2D eigenvalue weighted by Gasteiger charge is 2.47. The third kappa shape index (κ3) is 24.2. The van der Waals surface area contributed by atoms with Crippen molar-refractivity contribution in [2.24, 2.45) is 5.14 Å². The number of carbonyl (C=O) groups is 3. The van der Waals surface area contributed by atoms with E-state index < -0.39 is 137 Å². The summed E-state index contributed by atoms with van der Waals surface area (Å²) in [6.07, 6.45) is 13.5. The van der Waals surface area contributed by atoms with Gasteiger partial charge < -0.3 is 34.7 Å². The minimum absolute atomic E-state index is 0.104. The van der Waals surface area contributed by atoms with Crippen molar-refractivity contribution >= 4 is 111 Å². The highest BCUT2D eigenvalue weighted by Crippen LogP contribution is 2.50. The highest BCUT2D eigenvalue weighted by atomic mass is 32.2. The molecule has 4 aromatic carbocycles. The Morgan fingerprint density at radius 2 is 1.38 bits per heavy atom. The molecule has 622 valence electrons. The first-order valence-electron chi connectivity index (χ1n) is 36.5. The fourth-order valence-electron chi connectivity index (χ4n) is 14.6. The number of anilines is 2. The molecule has 1 saturated carbocycles. The lowest BCUT2D eigenvalue weighted by atomic mass is 9.81. The van der Waals surface area contributed by atoms with E-state index in [9.17, 15) is 62.3 Å². The number of nitrogens with one attached hydrogen (secondary N) is 2. The van der Waals surface area contributed by atoms with E-state index >= 15 is 13.2 Å². The minimum atomic E-state index is -5.34. The van der Waals surface area contributed by atoms with Gasteiger partial charge in [-0.3, -0.25) is 23.6 Å². The zero-order valence-electron chi connectivity index (χ0n) is 63.9. The van der Waals surface area contributed by atoms with Gasteiger partial charge in [-0.1, -0.05) is 61.4 Å². The van der Waals surface area contributed by atoms with Crippen LogP contribution in [0.5, 0.6) is 5.75 Å². The first-order valence-corrected chi connectivity index (χ1v) is 44.4. The van der Waals surface area contributed by atoms with Gasteiger partial charge in [0.2, 0.25) is 27.5 Å². The molecule has 2 aliphatic heterocycles. The number of primary sulfonamides is 1. The van der Waals surface area contributed by atoms with E-state index in [4.69, 9.17) is 33.8 Å². The molecule has 8 rings (SSSR count). The standard InChI is InChI=1S/C74H97F3N8O22S6/c1-73(2)55-46-53(108-106-104-90)29-31-58(55)83(38-14-16-42-111(94,95)96)60(73)33-25-49-19-18-20-50(26-34-61-74(3,4)56-47-54(109-107-105-91)30-32-59(56)84(61)39-15-17-43-112(97,98)99)68(49)103-52-27-23-48(24-28-52)45-57(71(88)89)80-63(87)35-40-102-41-37-79-62(86)36-44-110(92,93)70-65(76)64(75)69(113(78,100)101)66(77)67(70)85(72(81(5)6)82(7)8)51-21-12-10-9-11-13-22-51/h23-34,46-47,51,57H,9-22,35-45H2,1-8H3,(H7-2,78,79,80,86,87,88,89,90,91,94,95,96,97,98,99,100,101)/p+1/t57-/m0/s1. The van der Waals surface area contributed by atoms with Crippen LogP contribution in [0.4, 0.5) is 30.2 Å². The number of nitrogens with two attached hydrogens (primary N) is 1. The normalized spacial score (nSPS) is 17.2. The number of sulfone groups is 1. The van der Waals surface area contributed by atoms with Gasteiger partial charge >= 0.3 is 11.9 Å². The molecule has 1 fully saturated rings. The predicted molar refractivity (Wildman–Crippen MR) is 416 cm³/mol. The maximum atomic E-state index is 17.0. The number of nitrogens with zero attached hydrogens (tertiary/aromatic N) is 5. The van der Waals surface area contributed by atoms with Crippen LogP contribution in [-0.4, -0.2) is 192 Å². The van der Waals surface area contributed by atoms with E-state index in [1.54, 1.807) is 64.6 Å². The fourth-order valence-corrected chi connectivity index (χ4v) is 18.7. The van der Waals surface area contributed by atoms with Gasteiger partial charge in [-0.2, -0.15) is 13.0 Å². The van der Waals surface area contributed by atoms with Gasteiger partial charge in [0.1, 0.15) is 29.0 Å². The first-order chi connectivity index (χ1) is 53.2. The zero-order chi connectivity index (χ0) is 83.0. The largest absolute Gasteiger partial charge is 0.748 e. The lowest BCUT2D eigenvalue weighted by Gasteiger charge is -2.34. The Hall–Kier alpha value is -7.32. The number of carboxylic acids is 1. The maximum absolute atomic E-state index is 17.0. The lowest BCUT2D eigenvalue weighted by Crippen LogP contribution is -2.52. The predicted octanol–water partition coefficient (Wildman–Crippen LogP) is 10.3. The third-order valence-electron chi connectivity index (χ3n) is 19.8. The van der Waals surface area contributed by atoms with Crippen molar-refractivity contribution in [1.82, 2.24) is 15.5 Å². The Bertz CT molecular complexity index is 4820. The molecule has 0 unspecified atom stereocenters. The summed E-state index contributed by atoms with van der Waals surface area (Å²) in [4.78, 5) is 41.8. The molecule has 113 heavy (non-hydrogen) atoms. The second kappa shape index (κ2) is 40.0. The van der Waals surface area contributed by atoms with Crippen molar-refractivity contribution in [3.05, 3.63) is 142 Å². The van der Waals surface area contributed by atoms with Gasteiger partial charge in [0.05, 0.1) is 98.6 Å². The molecule has 0 spiro atoms. The number of fused-ring (bicyclic) bond motifs is 2. The number of aliphatic carboxylic acids is 1. The van der Waals surface area contributed by atoms with E-state index in [1.807, 2.05) is 76.3 Å². The van der Waals surface area contributed by atoms with Crippen LogP contribution in [-0.2, 0) is 95.2 Å². The Balaban J connectivity index is 0.985. The Morgan fingerprint density at radius 3 is 1.99 bits per heavy atom. The summed E-state index contributed by atoms with van der Waals surface area (Å²) in [6, 6.07) is 15.5. The second-order valence-electron chi connectivity index (χ2n) is 29.1. The second-order valence-corrected chi connectivity index (χ2v) is 37.3. The summed E-state index contributed by atoms with van der Waals surface area (Å²) in [5.74, 6) is -10.7. The molecular weight excluding hydrogens is 1600 g/mol. The topological polar surface area (TPSA) is 413 Å². The van der Waals surface area contributed by atoms with E-state index in [2.05, 4.69) is 30.2 Å². The Morgan fingerprint density at radius 1 is 0.752 bits per heavy atom. The van der Waals surface area contributed by atoms with Gasteiger partial charge in [0.25, 0.3) is 10.1 Å². The monoisotopic (exact) mass is 1700 g/mol. The van der Waals surface area contributed by atoms with Crippen LogP contribution in [0.15, 0.2) is 127 Å². The Labute approximate surface area is 665 Å². The van der Waals surface area contributed by atoms with Crippen molar-refractivity contribution in [1.29, 1.82) is 0 Å². The number of carboxylic acid groups (broad SMARTS) is 1. The Kier molecular flexibility index (Phi) is 32.3. The number of ether oxygens (including phenoxy) is 2. The van der Waals surface area contributed by atoms with Crippen molar-refractivity contribution in [3.8, 4) is 5.75 Å². The van der Waals surface area contributed by atoms with Crippen LogP contribution in [0.1, 0.15) is 147 Å². The van der Waals surface area contributed by atoms with Crippen LogP contribution in [0, 0.1) is 17.5 Å². The SMILES string of the molecule is CN(C)C(N(c1c(F)c(S(N)(=O)=O)c(F)c(F)c1S(=O)(=O)CCC(=O)NCCOCCC(=O)N[C@@H](Cc1ccc(OC2=C(/C=C/C3=[N+](CCCCS(=O)(=O)[O-])c4ccc(SOOO)cc4C3(C)C)CCC/C2=C\C=C2\N(CCCCS(=O)(=O)O)c3ccc(SOOO)cc3C2(C)C)cc1)C(=O)O)C1CCCCCCC1)=[N+](C)C. The fraction of sp³-hybridized carbons (Fsp3) is 0.500. The van der Waals surface area contributed by atoms with E-state index in [0.29, 0.717) is 97.7 Å². The van der Waals surface area contributed by atoms with Crippen molar-refractivity contribution in [3.63, 3.8) is 0 Å². The average Bonchev–Trinajstić information content (AvgIpc) is 1.27. The van der Waals surface area contributed by atoms with E-state index in [0.717, 1.165) is 88.4 Å². The number of unbranched alkanes of at least 4 members (excludes halogenated alkanes) is 2. The molecule has 4 aliphatic rings. The summed E-state index contributed by atoms with van der Waals surface area (Å²) >= 11 is 1.58. The molecule has 1 atom stereocenters. The molecule has 2 amide bonds. The van der Waals surface area contributed by atoms with Gasteiger partial charge in [-0.25, -0.2) is 63.8 Å². The zero-order valence-corrected chi connectivity index (χ0v) is 68.8. The van der Waals surface area contributed by atoms with E-state index in [1.165, 1.54) is 14.4 Å². The van der Waals surface area contributed by atoms with Crippen molar-refractivity contribution < 1.29 is 123 Å². The maximum Gasteiger partial charge on any atom is 0.354 e. The summed E-state index contributed by atoms with van der Waals surface area (Å²) < 4.78 is 197. The molecule has 0 bridgehead atoms.